The van der Waals surface area contributed by atoms with Crippen LogP contribution in [0.4, 0.5) is 0 Å². The highest BCUT2D eigenvalue weighted by Crippen LogP contribution is 2.42. The molecule has 0 fully saturated rings. The van der Waals surface area contributed by atoms with Gasteiger partial charge in [-0.05, 0) is 56.5 Å². The second-order valence-electron chi connectivity index (χ2n) is 13.2. The van der Waals surface area contributed by atoms with Gasteiger partial charge in [0.2, 0.25) is 6.29 Å². The molecule has 8 nitrogen and oxygen atoms in total. The summed E-state index contributed by atoms with van der Waals surface area (Å²) < 4.78 is 15.7. The van der Waals surface area contributed by atoms with E-state index in [9.17, 15) is 9.90 Å². The fraction of sp³-hybridized carbons (Fsp3) is 0.300. The Labute approximate surface area is 222 Å². The van der Waals surface area contributed by atoms with Crippen LogP contribution >= 0.6 is 0 Å². The van der Waals surface area contributed by atoms with Gasteiger partial charge in [-0.2, -0.15) is 9.97 Å². The van der Waals surface area contributed by atoms with Crippen LogP contribution in [0.25, 0.3) is 44.5 Å². The van der Waals surface area contributed by atoms with Crippen molar-refractivity contribution in [3.63, 3.8) is 0 Å². The summed E-state index contributed by atoms with van der Waals surface area (Å²) in [6.07, 6.45) is -1.26. The van der Waals surface area contributed by atoms with E-state index < -0.39 is 11.9 Å². The molecular formula is C30H25BN4O4. The Bertz CT molecular complexity index is 2230. The molecule has 0 saturated heterocycles. The average molecular weight is 516 g/mol. The number of aliphatic hydroxyl groups is 1. The average Bonchev–Trinajstić information content (AvgIpc) is 3.41. The molecule has 0 spiro atoms. The summed E-state index contributed by atoms with van der Waals surface area (Å²) >= 11 is 0. The van der Waals surface area contributed by atoms with Crippen molar-refractivity contribution in [1.29, 1.82) is 0 Å². The molecule has 0 amide bonds. The van der Waals surface area contributed by atoms with E-state index in [2.05, 4.69) is 65.8 Å². The van der Waals surface area contributed by atoms with E-state index in [1.807, 2.05) is 8.97 Å². The van der Waals surface area contributed by atoms with Gasteiger partial charge in [-0.3, -0.25) is 8.97 Å². The fourth-order valence-corrected chi connectivity index (χ4v) is 6.90. The van der Waals surface area contributed by atoms with Crippen molar-refractivity contribution < 1.29 is 14.3 Å². The largest absolute Gasteiger partial charge is 0.430 e. The minimum atomic E-state index is -1.26. The molecule has 1 N–H and O–H groups in total. The molecule has 3 aromatic carbocycles. The molecule has 192 valence electrons. The molecule has 0 radical (unpaired) electrons. The Kier molecular flexibility index (Phi) is 3.47. The monoisotopic (exact) mass is 516 g/mol. The molecule has 6 aromatic rings. The predicted molar refractivity (Wildman–Crippen MR) is 151 cm³/mol. The number of aromatic nitrogens is 4. The minimum Gasteiger partial charge on any atom is -0.430 e. The highest BCUT2D eigenvalue weighted by molar-refractivity contribution is 7.00. The zero-order chi connectivity index (χ0) is 26.9. The van der Waals surface area contributed by atoms with Gasteiger partial charge in [0, 0.05) is 5.56 Å². The van der Waals surface area contributed by atoms with E-state index in [4.69, 9.17) is 19.1 Å². The number of nitrogens with zero attached hydrogens (tertiary/aromatic N) is 4. The lowest BCUT2D eigenvalue weighted by atomic mass is 9.34. The van der Waals surface area contributed by atoms with Crippen molar-refractivity contribution in [2.75, 3.05) is 0 Å². The van der Waals surface area contributed by atoms with Crippen LogP contribution in [0.2, 0.25) is 0 Å². The van der Waals surface area contributed by atoms with Gasteiger partial charge in [0.15, 0.2) is 0 Å². The van der Waals surface area contributed by atoms with Crippen molar-refractivity contribution in [3.8, 4) is 11.7 Å². The van der Waals surface area contributed by atoms with Crippen molar-refractivity contribution in [2.45, 2.75) is 58.7 Å². The molecular weight excluding hydrogens is 491 g/mol. The predicted octanol–water partition coefficient (Wildman–Crippen LogP) is 3.05. The lowest BCUT2D eigenvalue weighted by molar-refractivity contribution is -0.0322. The molecule has 1 atom stereocenters. The zero-order valence-electron chi connectivity index (χ0n) is 22.5. The fourth-order valence-electron chi connectivity index (χ4n) is 6.90. The number of aliphatic hydroxyl groups excluding tert-OH is 1. The van der Waals surface area contributed by atoms with Gasteiger partial charge in [0.1, 0.15) is 0 Å². The van der Waals surface area contributed by atoms with E-state index >= 15 is 0 Å². The third kappa shape index (κ3) is 2.40. The zero-order valence-corrected chi connectivity index (χ0v) is 22.5. The molecule has 1 unspecified atom stereocenters. The van der Waals surface area contributed by atoms with Gasteiger partial charge in [0.05, 0.1) is 38.7 Å². The quantitative estimate of drug-likeness (QED) is 0.312. The van der Waals surface area contributed by atoms with Crippen molar-refractivity contribution in [2.24, 2.45) is 0 Å². The minimum absolute atomic E-state index is 0.118. The van der Waals surface area contributed by atoms with Crippen molar-refractivity contribution in [3.05, 3.63) is 57.4 Å². The van der Waals surface area contributed by atoms with Gasteiger partial charge >= 0.3 is 17.5 Å². The Balaban J connectivity index is 1.60. The summed E-state index contributed by atoms with van der Waals surface area (Å²) in [7, 11) is 0. The first kappa shape index (κ1) is 21.8. The van der Waals surface area contributed by atoms with Crippen LogP contribution in [-0.4, -0.2) is 30.8 Å². The maximum Gasteiger partial charge on any atom is 0.348 e. The van der Waals surface area contributed by atoms with Gasteiger partial charge in [0.25, 0.3) is 6.71 Å². The summed E-state index contributed by atoms with van der Waals surface area (Å²) in [5, 5.41) is 11.6. The maximum atomic E-state index is 13.4. The van der Waals surface area contributed by atoms with Gasteiger partial charge < -0.3 is 14.3 Å². The smallest absolute Gasteiger partial charge is 0.348 e. The number of fused-ring (bicyclic) bond motifs is 2. The summed E-state index contributed by atoms with van der Waals surface area (Å²) in [4.78, 5) is 23.1. The first-order chi connectivity index (χ1) is 18.4. The van der Waals surface area contributed by atoms with Crippen molar-refractivity contribution in [1.82, 2.24) is 18.9 Å². The second-order valence-corrected chi connectivity index (χ2v) is 13.2. The van der Waals surface area contributed by atoms with Crippen LogP contribution < -0.4 is 26.8 Å². The lowest BCUT2D eigenvalue weighted by Gasteiger charge is -2.36. The summed E-state index contributed by atoms with van der Waals surface area (Å²) in [6.45, 7) is 13.0. The Hall–Kier alpha value is -4.11. The number of ether oxygens (including phenoxy) is 1. The van der Waals surface area contributed by atoms with Gasteiger partial charge in [-0.25, -0.2) is 4.79 Å². The second kappa shape index (κ2) is 6.20. The number of hydrogen-bond acceptors (Lipinski definition) is 6. The van der Waals surface area contributed by atoms with E-state index in [0.29, 0.717) is 17.0 Å². The SMILES string of the molecule is CC(C)(C)c1cc2c3c(c1)nc1n3-c3c(cc4c(=O)oc5nc6cc(C(C)(C)C)cc7c6n5c4c3B27)C(O)O1. The molecule has 0 bridgehead atoms. The Morgan fingerprint density at radius 2 is 1.51 bits per heavy atom. The molecule has 9 heteroatoms. The highest BCUT2D eigenvalue weighted by atomic mass is 16.6. The van der Waals surface area contributed by atoms with Gasteiger partial charge in [-0.15, -0.1) is 0 Å². The van der Waals surface area contributed by atoms with Crippen molar-refractivity contribution >= 4 is 61.9 Å². The number of imidazole rings is 2. The molecule has 3 aromatic heterocycles. The standard InChI is InChI=1S/C30H25BN4O4/c1-29(2,3)12-7-16-23-18(9-12)32-27-34(23)21-14(25(36)38-27)11-15-22-20(21)31(16)17-8-13(30(4,5)6)10-19-24(17)35(22)28(33-19)39-26(15)37/h7-11,25,36H,1-6H3. The van der Waals surface area contributed by atoms with E-state index in [1.54, 1.807) is 6.07 Å². The third-order valence-electron chi connectivity index (χ3n) is 8.82. The van der Waals surface area contributed by atoms with Crippen LogP contribution in [-0.2, 0) is 10.8 Å². The first-order valence-corrected chi connectivity index (χ1v) is 13.3. The Morgan fingerprint density at radius 3 is 2.18 bits per heavy atom. The van der Waals surface area contributed by atoms with Crippen LogP contribution in [0.5, 0.6) is 6.01 Å². The molecule has 0 aliphatic carbocycles. The molecule has 3 aliphatic heterocycles. The van der Waals surface area contributed by atoms with Crippen LogP contribution in [0.3, 0.4) is 0 Å². The van der Waals surface area contributed by atoms with Crippen LogP contribution in [0, 0.1) is 0 Å². The van der Waals surface area contributed by atoms with Crippen LogP contribution in [0.15, 0.2) is 39.5 Å². The van der Waals surface area contributed by atoms with E-state index in [0.717, 1.165) is 60.8 Å². The first-order valence-electron chi connectivity index (χ1n) is 13.3. The molecule has 3 aliphatic rings. The number of benzene rings is 3. The number of hydrogen-bond donors (Lipinski definition) is 1. The van der Waals surface area contributed by atoms with Gasteiger partial charge in [-0.1, -0.05) is 53.7 Å². The Morgan fingerprint density at radius 1 is 0.872 bits per heavy atom. The summed E-state index contributed by atoms with van der Waals surface area (Å²) in [6, 6.07) is 10.9. The lowest BCUT2D eigenvalue weighted by Crippen LogP contribution is -2.59. The highest BCUT2D eigenvalue weighted by Gasteiger charge is 2.45. The maximum absolute atomic E-state index is 13.4. The normalized spacial score (nSPS) is 17.1. The van der Waals surface area contributed by atoms with E-state index in [-0.39, 0.29) is 23.4 Å². The topological polar surface area (TPSA) is 94.8 Å². The molecule has 9 rings (SSSR count). The summed E-state index contributed by atoms with van der Waals surface area (Å²) in [5.74, 6) is 0.280. The summed E-state index contributed by atoms with van der Waals surface area (Å²) in [5.41, 5.74) is 10.5. The van der Waals surface area contributed by atoms with Crippen LogP contribution in [0.1, 0.15) is 64.5 Å². The third-order valence-corrected chi connectivity index (χ3v) is 8.82. The molecule has 6 heterocycles. The van der Waals surface area contributed by atoms with E-state index in [1.165, 1.54) is 0 Å². The number of rotatable bonds is 0. The molecule has 0 saturated carbocycles. The molecule has 39 heavy (non-hydrogen) atoms.